The number of aromatic nitrogens is 2. The molecule has 1 amide bonds. The second kappa shape index (κ2) is 9.52. The number of ether oxygens (including phenoxy) is 1. The Morgan fingerprint density at radius 2 is 1.93 bits per heavy atom. The fraction of sp³-hybridized carbons (Fsp3) is 0.227. The minimum atomic E-state index is -0.444. The summed E-state index contributed by atoms with van der Waals surface area (Å²) in [7, 11) is 3.47. The standard InChI is InChI=1S/C22H22BrN3O3/c1-26-13-12-24-22(26)21(16-4-3-5-18(14-16)29-2)25-20(28)11-10-19(27)15-6-8-17(23)9-7-15/h3-9,12-14,21H,10-11H2,1-2H3,(H,25,28). The number of imidazole rings is 1. The van der Waals surface area contributed by atoms with E-state index in [1.54, 1.807) is 25.4 Å². The lowest BCUT2D eigenvalue weighted by Crippen LogP contribution is -2.31. The molecule has 0 aliphatic rings. The molecular formula is C22H22BrN3O3. The molecule has 1 unspecified atom stereocenters. The van der Waals surface area contributed by atoms with Gasteiger partial charge in [-0.1, -0.05) is 40.2 Å². The van der Waals surface area contributed by atoms with Crippen molar-refractivity contribution in [1.29, 1.82) is 0 Å². The molecule has 2 aromatic carbocycles. The van der Waals surface area contributed by atoms with Gasteiger partial charge in [0.1, 0.15) is 17.6 Å². The van der Waals surface area contributed by atoms with Gasteiger partial charge in [-0.2, -0.15) is 0 Å². The van der Waals surface area contributed by atoms with E-state index in [9.17, 15) is 9.59 Å². The first-order chi connectivity index (χ1) is 14.0. The van der Waals surface area contributed by atoms with Crippen LogP contribution in [0.2, 0.25) is 0 Å². The monoisotopic (exact) mass is 455 g/mol. The van der Waals surface area contributed by atoms with Crippen LogP contribution in [0.3, 0.4) is 0 Å². The molecule has 0 radical (unpaired) electrons. The van der Waals surface area contributed by atoms with Gasteiger partial charge >= 0.3 is 0 Å². The van der Waals surface area contributed by atoms with E-state index in [0.29, 0.717) is 17.1 Å². The maximum absolute atomic E-state index is 12.6. The van der Waals surface area contributed by atoms with Crippen molar-refractivity contribution in [2.24, 2.45) is 7.05 Å². The van der Waals surface area contributed by atoms with Crippen molar-refractivity contribution < 1.29 is 14.3 Å². The summed E-state index contributed by atoms with van der Waals surface area (Å²) in [5.74, 6) is 1.11. The predicted octanol–water partition coefficient (Wildman–Crippen LogP) is 4.06. The van der Waals surface area contributed by atoms with Gasteiger partial charge in [0.25, 0.3) is 0 Å². The zero-order valence-corrected chi connectivity index (χ0v) is 17.8. The highest BCUT2D eigenvalue weighted by Gasteiger charge is 2.21. The van der Waals surface area contributed by atoms with Crippen LogP contribution >= 0.6 is 15.9 Å². The molecule has 6 nitrogen and oxygen atoms in total. The smallest absolute Gasteiger partial charge is 0.221 e. The third kappa shape index (κ3) is 5.32. The van der Waals surface area contributed by atoms with Crippen LogP contribution in [0.5, 0.6) is 5.75 Å². The molecule has 1 aromatic heterocycles. The van der Waals surface area contributed by atoms with Gasteiger partial charge in [0.05, 0.1) is 7.11 Å². The number of halogens is 1. The van der Waals surface area contributed by atoms with Gasteiger partial charge in [0.2, 0.25) is 5.91 Å². The zero-order valence-electron chi connectivity index (χ0n) is 16.3. The summed E-state index contributed by atoms with van der Waals surface area (Å²) in [6.07, 6.45) is 3.75. The minimum Gasteiger partial charge on any atom is -0.497 e. The van der Waals surface area contributed by atoms with E-state index in [4.69, 9.17) is 4.74 Å². The molecule has 29 heavy (non-hydrogen) atoms. The van der Waals surface area contributed by atoms with Gasteiger partial charge in [0.15, 0.2) is 5.78 Å². The van der Waals surface area contributed by atoms with E-state index >= 15 is 0 Å². The summed E-state index contributed by atoms with van der Waals surface area (Å²) in [4.78, 5) is 29.4. The molecule has 0 saturated carbocycles. The van der Waals surface area contributed by atoms with Crippen LogP contribution in [-0.4, -0.2) is 28.4 Å². The number of carbonyl (C=O) groups is 2. The van der Waals surface area contributed by atoms with Gasteiger partial charge in [0, 0.05) is 42.3 Å². The van der Waals surface area contributed by atoms with Crippen LogP contribution in [0.25, 0.3) is 0 Å². The number of nitrogens with zero attached hydrogens (tertiary/aromatic N) is 2. The van der Waals surface area contributed by atoms with E-state index in [-0.39, 0.29) is 24.5 Å². The summed E-state index contributed by atoms with van der Waals surface area (Å²) in [5.41, 5.74) is 1.45. The second-order valence-electron chi connectivity index (χ2n) is 6.60. The molecule has 0 fully saturated rings. The van der Waals surface area contributed by atoms with Crippen molar-refractivity contribution >= 4 is 27.6 Å². The highest BCUT2D eigenvalue weighted by Crippen LogP contribution is 2.24. The van der Waals surface area contributed by atoms with Crippen molar-refractivity contribution in [3.63, 3.8) is 0 Å². The summed E-state index contributed by atoms with van der Waals surface area (Å²) < 4.78 is 8.07. The number of rotatable bonds is 8. The van der Waals surface area contributed by atoms with Crippen molar-refractivity contribution in [3.05, 3.63) is 82.3 Å². The van der Waals surface area contributed by atoms with Crippen LogP contribution in [-0.2, 0) is 11.8 Å². The first-order valence-electron chi connectivity index (χ1n) is 9.17. The predicted molar refractivity (Wildman–Crippen MR) is 114 cm³/mol. The lowest BCUT2D eigenvalue weighted by molar-refractivity contribution is -0.121. The van der Waals surface area contributed by atoms with Crippen LogP contribution in [0, 0.1) is 0 Å². The summed E-state index contributed by atoms with van der Waals surface area (Å²) in [6, 6.07) is 14.2. The number of hydrogen-bond acceptors (Lipinski definition) is 4. The Labute approximate surface area is 178 Å². The number of ketones is 1. The van der Waals surface area contributed by atoms with Gasteiger partial charge < -0.3 is 14.6 Å². The largest absolute Gasteiger partial charge is 0.497 e. The maximum atomic E-state index is 12.6. The molecule has 0 aliphatic carbocycles. The van der Waals surface area contributed by atoms with E-state index in [0.717, 1.165) is 10.0 Å². The number of benzene rings is 2. The zero-order chi connectivity index (χ0) is 20.8. The average Bonchev–Trinajstić information content (AvgIpc) is 3.16. The molecule has 1 N–H and O–H groups in total. The Bertz CT molecular complexity index is 999. The lowest BCUT2D eigenvalue weighted by atomic mass is 10.0. The third-order valence-corrected chi connectivity index (χ3v) is 5.12. The van der Waals surface area contributed by atoms with Crippen molar-refractivity contribution in [1.82, 2.24) is 14.9 Å². The van der Waals surface area contributed by atoms with Crippen LogP contribution < -0.4 is 10.1 Å². The van der Waals surface area contributed by atoms with Crippen LogP contribution in [0.1, 0.15) is 40.6 Å². The van der Waals surface area contributed by atoms with Crippen molar-refractivity contribution in [3.8, 4) is 5.75 Å². The Balaban J connectivity index is 1.72. The lowest BCUT2D eigenvalue weighted by Gasteiger charge is -2.19. The number of hydrogen-bond donors (Lipinski definition) is 1. The van der Waals surface area contributed by atoms with E-state index < -0.39 is 6.04 Å². The van der Waals surface area contributed by atoms with Gasteiger partial charge in [-0.15, -0.1) is 0 Å². The number of amides is 1. The molecule has 150 valence electrons. The van der Waals surface area contributed by atoms with Gasteiger partial charge in [-0.3, -0.25) is 9.59 Å². The summed E-state index contributed by atoms with van der Waals surface area (Å²) in [6.45, 7) is 0. The molecule has 0 spiro atoms. The Morgan fingerprint density at radius 3 is 2.59 bits per heavy atom. The number of Topliss-reactive ketones (excluding diaryl/α,β-unsaturated/α-hetero) is 1. The average molecular weight is 456 g/mol. The maximum Gasteiger partial charge on any atom is 0.221 e. The SMILES string of the molecule is COc1cccc(C(NC(=O)CCC(=O)c2ccc(Br)cc2)c2nccn2C)c1. The van der Waals surface area contributed by atoms with Crippen molar-refractivity contribution in [2.45, 2.75) is 18.9 Å². The summed E-state index contributed by atoms with van der Waals surface area (Å²) in [5, 5.41) is 3.01. The number of nitrogens with one attached hydrogen (secondary N) is 1. The molecule has 0 saturated heterocycles. The highest BCUT2D eigenvalue weighted by atomic mass is 79.9. The topological polar surface area (TPSA) is 73.2 Å². The van der Waals surface area contributed by atoms with Crippen LogP contribution in [0.15, 0.2) is 65.4 Å². The Kier molecular flexibility index (Phi) is 6.82. The molecular weight excluding hydrogens is 434 g/mol. The molecule has 7 heteroatoms. The third-order valence-electron chi connectivity index (χ3n) is 4.59. The van der Waals surface area contributed by atoms with Crippen LogP contribution in [0.4, 0.5) is 0 Å². The highest BCUT2D eigenvalue weighted by molar-refractivity contribution is 9.10. The molecule has 3 rings (SSSR count). The number of carbonyl (C=O) groups excluding carboxylic acids is 2. The quantitative estimate of drug-likeness (QED) is 0.519. The normalized spacial score (nSPS) is 11.7. The second-order valence-corrected chi connectivity index (χ2v) is 7.52. The van der Waals surface area contributed by atoms with Gasteiger partial charge in [-0.05, 0) is 29.8 Å². The first-order valence-corrected chi connectivity index (χ1v) is 9.96. The fourth-order valence-electron chi connectivity index (χ4n) is 3.01. The number of methoxy groups -OCH3 is 1. The van der Waals surface area contributed by atoms with E-state index in [1.807, 2.05) is 54.2 Å². The molecule has 1 heterocycles. The van der Waals surface area contributed by atoms with Gasteiger partial charge in [-0.25, -0.2) is 4.98 Å². The number of aryl methyl sites for hydroxylation is 1. The molecule has 1 atom stereocenters. The molecule has 3 aromatic rings. The Hall–Kier alpha value is -2.93. The Morgan fingerprint density at radius 1 is 1.17 bits per heavy atom. The van der Waals surface area contributed by atoms with Crippen molar-refractivity contribution in [2.75, 3.05) is 7.11 Å². The van der Waals surface area contributed by atoms with E-state index in [2.05, 4.69) is 26.2 Å². The molecule has 0 aliphatic heterocycles. The fourth-order valence-corrected chi connectivity index (χ4v) is 3.28. The first kappa shape index (κ1) is 20.8. The molecule has 0 bridgehead atoms. The minimum absolute atomic E-state index is 0.0671. The van der Waals surface area contributed by atoms with E-state index in [1.165, 1.54) is 0 Å². The summed E-state index contributed by atoms with van der Waals surface area (Å²) >= 11 is 3.35.